The van der Waals surface area contributed by atoms with E-state index in [2.05, 4.69) is 9.68 Å². The molecule has 0 radical (unpaired) electrons. The average Bonchev–Trinajstić information content (AvgIpc) is 3.40. The fourth-order valence-corrected chi connectivity index (χ4v) is 5.43. The summed E-state index contributed by atoms with van der Waals surface area (Å²) in [4.78, 5) is 40.3. The van der Waals surface area contributed by atoms with Crippen molar-refractivity contribution in [1.82, 2.24) is 0 Å². The minimum atomic E-state index is -0.842. The molecule has 0 aromatic carbocycles. The summed E-state index contributed by atoms with van der Waals surface area (Å²) in [5.74, 6) is 0. The Kier molecular flexibility index (Phi) is 7.98. The molecule has 0 unspecified atom stereocenters. The average molecular weight is 470 g/mol. The fraction of sp³-hybridized carbons (Fsp3) is 0.933. The third-order valence-electron chi connectivity index (χ3n) is 4.99. The molecule has 0 N–H and O–H groups in total. The minimum absolute atomic E-state index is 0.0171. The predicted molar refractivity (Wildman–Crippen MR) is 102 cm³/mol. The lowest BCUT2D eigenvalue weighted by Crippen LogP contribution is -2.33. The Hall–Kier alpha value is -1.39. The monoisotopic (exact) mass is 470 g/mol. The molecule has 4 aliphatic rings. The highest BCUT2D eigenvalue weighted by Gasteiger charge is 2.50. The molecule has 4 rings (SSSR count). The van der Waals surface area contributed by atoms with Crippen molar-refractivity contribution in [2.24, 2.45) is 0 Å². The third-order valence-corrected chi connectivity index (χ3v) is 7.04. The number of fused-ring (bicyclic) bond motifs is 2. The van der Waals surface area contributed by atoms with Gasteiger partial charge >= 0.3 is 0 Å². The van der Waals surface area contributed by atoms with E-state index in [4.69, 9.17) is 18.9 Å². The van der Waals surface area contributed by atoms with Crippen LogP contribution in [0.1, 0.15) is 6.92 Å². The Morgan fingerprint density at radius 1 is 0.833 bits per heavy atom. The number of hydrogen-bond donors (Lipinski definition) is 0. The normalized spacial score (nSPS) is 38.9. The Balaban J connectivity index is 0.000000172. The van der Waals surface area contributed by atoms with Gasteiger partial charge in [0.15, 0.2) is 17.3 Å². The first kappa shape index (κ1) is 23.3. The maximum atomic E-state index is 11.0. The highest BCUT2D eigenvalue weighted by atomic mass is 32.2. The van der Waals surface area contributed by atoms with Gasteiger partial charge in [0.2, 0.25) is 0 Å². The molecule has 0 bridgehead atoms. The molecule has 4 heterocycles. The second-order valence-electron chi connectivity index (χ2n) is 6.85. The maximum absolute atomic E-state index is 11.0. The van der Waals surface area contributed by atoms with E-state index in [1.54, 1.807) is 11.8 Å². The zero-order chi connectivity index (χ0) is 21.8. The molecule has 0 aromatic rings. The summed E-state index contributed by atoms with van der Waals surface area (Å²) >= 11 is 2.80. The van der Waals surface area contributed by atoms with Crippen molar-refractivity contribution >= 4 is 28.6 Å². The van der Waals surface area contributed by atoms with Crippen LogP contribution >= 0.6 is 23.5 Å². The van der Waals surface area contributed by atoms with Crippen LogP contribution in [0.25, 0.3) is 0 Å². The van der Waals surface area contributed by atoms with Crippen molar-refractivity contribution in [2.75, 3.05) is 32.7 Å². The highest BCUT2D eigenvalue weighted by Crippen LogP contribution is 2.35. The highest BCUT2D eigenvalue weighted by molar-refractivity contribution is 8.14. The number of hydrogen-bond acceptors (Lipinski definition) is 13. The van der Waals surface area contributed by atoms with Crippen molar-refractivity contribution in [1.29, 1.82) is 0 Å². The van der Waals surface area contributed by atoms with Crippen LogP contribution in [0, 0.1) is 20.2 Å². The van der Waals surface area contributed by atoms with Gasteiger partial charge in [-0.2, -0.15) is 11.8 Å². The number of rotatable bonds is 6. The standard InChI is InChI=1S/C8H11NO6S.C7H11NO5S/c1-4(10)16-6-3-14-7-5(15-9(11)12)2-13-8(6)7;1-14-5-3-12-6-4(13-8(9)10)2-11-7(5)6/h5-8H,2-3H2,1H3;4-7H,2-3H2,1H3/t5-,6+,7-,8-;4-,5+,6-,7-/m11/s1. The van der Waals surface area contributed by atoms with Crippen molar-refractivity contribution in [3.8, 4) is 0 Å². The van der Waals surface area contributed by atoms with Gasteiger partial charge in [0.1, 0.15) is 24.4 Å². The van der Waals surface area contributed by atoms with Gasteiger partial charge in [0.05, 0.1) is 36.9 Å². The van der Waals surface area contributed by atoms with Crippen molar-refractivity contribution in [3.63, 3.8) is 0 Å². The minimum Gasteiger partial charge on any atom is -0.372 e. The summed E-state index contributed by atoms with van der Waals surface area (Å²) in [7, 11) is 0. The molecule has 0 spiro atoms. The molecule has 13 nitrogen and oxygen atoms in total. The van der Waals surface area contributed by atoms with E-state index >= 15 is 0 Å². The Labute approximate surface area is 179 Å². The van der Waals surface area contributed by atoms with Crippen LogP contribution < -0.4 is 0 Å². The summed E-state index contributed by atoms with van der Waals surface area (Å²) in [6, 6.07) is 0. The van der Waals surface area contributed by atoms with Crippen LogP contribution in [-0.4, -0.2) is 95.1 Å². The van der Waals surface area contributed by atoms with Crippen LogP contribution in [0.4, 0.5) is 0 Å². The van der Waals surface area contributed by atoms with Gasteiger partial charge in [0, 0.05) is 6.92 Å². The molecule has 8 atom stereocenters. The Bertz CT molecular complexity index is 626. The number of thioether (sulfide) groups is 2. The largest absolute Gasteiger partial charge is 0.372 e. The Morgan fingerprint density at radius 2 is 1.27 bits per heavy atom. The predicted octanol–water partition coefficient (Wildman–Crippen LogP) is 0.102. The van der Waals surface area contributed by atoms with Crippen LogP contribution in [0.2, 0.25) is 0 Å². The van der Waals surface area contributed by atoms with Crippen LogP contribution in [-0.2, 0) is 33.4 Å². The van der Waals surface area contributed by atoms with E-state index in [0.29, 0.717) is 13.2 Å². The molecule has 4 saturated heterocycles. The quantitative estimate of drug-likeness (QED) is 0.380. The van der Waals surface area contributed by atoms with Gasteiger partial charge in [0.25, 0.3) is 10.2 Å². The first-order valence-corrected chi connectivity index (χ1v) is 11.3. The summed E-state index contributed by atoms with van der Waals surface area (Å²) in [6.45, 7) is 2.78. The van der Waals surface area contributed by atoms with Crippen LogP contribution in [0.15, 0.2) is 0 Å². The fourth-order valence-electron chi connectivity index (χ4n) is 3.78. The first-order chi connectivity index (χ1) is 14.3. The van der Waals surface area contributed by atoms with E-state index in [0.717, 1.165) is 11.8 Å². The lowest BCUT2D eigenvalue weighted by atomic mass is 10.1. The van der Waals surface area contributed by atoms with E-state index < -0.39 is 28.5 Å². The first-order valence-electron chi connectivity index (χ1n) is 9.09. The number of nitrogens with zero attached hydrogens (tertiary/aromatic N) is 2. The molecule has 4 fully saturated rings. The smallest absolute Gasteiger partial charge is 0.294 e. The molecular formula is C15H22N2O11S2. The summed E-state index contributed by atoms with van der Waals surface area (Å²) in [5.41, 5.74) is 0. The second-order valence-corrected chi connectivity index (χ2v) is 9.34. The summed E-state index contributed by atoms with van der Waals surface area (Å²) in [5, 5.41) is 18.9. The van der Waals surface area contributed by atoms with Gasteiger partial charge in [-0.3, -0.25) is 4.79 Å². The van der Waals surface area contributed by atoms with Crippen LogP contribution in [0.3, 0.4) is 0 Å². The molecule has 30 heavy (non-hydrogen) atoms. The van der Waals surface area contributed by atoms with Gasteiger partial charge in [-0.15, -0.1) is 20.2 Å². The molecule has 0 amide bonds. The SMILES string of the molecule is CC(=O)S[C@H]1CO[C@H]2[C@@H]1OC[C@H]2O[N+](=O)[O-].CS[C@H]1CO[C@H]2[C@@H]1OC[C@H]2O[N+](=O)[O-]. The number of carbonyl (C=O) groups is 1. The molecule has 170 valence electrons. The molecule has 4 aliphatic heterocycles. The number of carbonyl (C=O) groups excluding carboxylic acids is 1. The Morgan fingerprint density at radius 3 is 1.70 bits per heavy atom. The van der Waals surface area contributed by atoms with E-state index in [-0.39, 0.29) is 47.1 Å². The van der Waals surface area contributed by atoms with Crippen molar-refractivity contribution in [3.05, 3.63) is 20.2 Å². The van der Waals surface area contributed by atoms with Gasteiger partial charge < -0.3 is 28.6 Å². The number of ether oxygens (including phenoxy) is 4. The van der Waals surface area contributed by atoms with Crippen molar-refractivity contribution in [2.45, 2.75) is 54.0 Å². The molecular weight excluding hydrogens is 448 g/mol. The van der Waals surface area contributed by atoms with E-state index in [9.17, 15) is 25.0 Å². The van der Waals surface area contributed by atoms with Gasteiger partial charge in [-0.1, -0.05) is 11.8 Å². The van der Waals surface area contributed by atoms with E-state index in [1.807, 2.05) is 6.26 Å². The van der Waals surface area contributed by atoms with E-state index in [1.165, 1.54) is 6.92 Å². The summed E-state index contributed by atoms with van der Waals surface area (Å²) < 4.78 is 21.6. The molecule has 0 saturated carbocycles. The maximum Gasteiger partial charge on any atom is 0.294 e. The van der Waals surface area contributed by atoms with Crippen molar-refractivity contribution < 1.29 is 43.6 Å². The zero-order valence-electron chi connectivity index (χ0n) is 16.1. The second kappa shape index (κ2) is 10.3. The lowest BCUT2D eigenvalue weighted by molar-refractivity contribution is -0.769. The lowest BCUT2D eigenvalue weighted by Gasteiger charge is -2.14. The van der Waals surface area contributed by atoms with Crippen LogP contribution in [0.5, 0.6) is 0 Å². The third kappa shape index (κ3) is 5.45. The van der Waals surface area contributed by atoms with Gasteiger partial charge in [-0.25, -0.2) is 0 Å². The topological polar surface area (TPSA) is 159 Å². The molecule has 0 aliphatic carbocycles. The zero-order valence-corrected chi connectivity index (χ0v) is 17.8. The molecule has 0 aromatic heterocycles. The van der Waals surface area contributed by atoms with Gasteiger partial charge in [-0.05, 0) is 6.26 Å². The summed E-state index contributed by atoms with van der Waals surface area (Å²) in [6.07, 6.45) is -0.347. The molecule has 15 heteroatoms.